The van der Waals surface area contributed by atoms with Crippen molar-refractivity contribution in [1.29, 1.82) is 0 Å². The number of rotatable bonds is 23. The van der Waals surface area contributed by atoms with Gasteiger partial charge in [0, 0.05) is 5.56 Å². The molecule has 0 heterocycles. The zero-order valence-electron chi connectivity index (χ0n) is 43.2. The summed E-state index contributed by atoms with van der Waals surface area (Å²) in [6.07, 6.45) is 0. The van der Waals surface area contributed by atoms with Crippen LogP contribution in [0.5, 0.6) is 51.7 Å². The summed E-state index contributed by atoms with van der Waals surface area (Å²) in [6.45, 7) is 0.510. The third kappa shape index (κ3) is 12.1. The van der Waals surface area contributed by atoms with Crippen molar-refractivity contribution in [2.45, 2.75) is 6.61 Å². The van der Waals surface area contributed by atoms with Crippen LogP contribution in [0, 0.1) is 0 Å². The third-order valence-electron chi connectivity index (χ3n) is 13.5. The van der Waals surface area contributed by atoms with E-state index < -0.39 is 0 Å². The molecule has 0 N–H and O–H groups in total. The highest BCUT2D eigenvalue weighted by Gasteiger charge is 2.31. The van der Waals surface area contributed by atoms with E-state index in [1.54, 1.807) is 42.7 Å². The molecule has 0 aliphatic rings. The Hall–Kier alpha value is -8.63. The highest BCUT2D eigenvalue weighted by Crippen LogP contribution is 2.22. The molecule has 9 aromatic carbocycles. The fourth-order valence-electron chi connectivity index (χ4n) is 9.80. The molecule has 0 fully saturated rings. The molecule has 0 atom stereocenters. The van der Waals surface area contributed by atoms with E-state index in [4.69, 9.17) is 42.6 Å². The number of ether oxygens (including phenoxy) is 9. The van der Waals surface area contributed by atoms with E-state index in [-0.39, 0.29) is 20.1 Å². The van der Waals surface area contributed by atoms with Gasteiger partial charge < -0.3 is 42.6 Å². The maximum absolute atomic E-state index is 6.57. The van der Waals surface area contributed by atoms with Crippen LogP contribution in [0.15, 0.2) is 212 Å². The Balaban J connectivity index is 0.921. The molecule has 9 aromatic rings. The second kappa shape index (κ2) is 24.9. The van der Waals surface area contributed by atoms with Gasteiger partial charge in [-0.15, -0.1) is 0 Å². The smallest absolute Gasteiger partial charge is 0.255 e. The van der Waals surface area contributed by atoms with Crippen LogP contribution in [0.3, 0.4) is 0 Å². The Kier molecular flexibility index (Phi) is 17.0. The monoisotopic (exact) mass is 992 g/mol. The van der Waals surface area contributed by atoms with E-state index in [9.17, 15) is 0 Å². The van der Waals surface area contributed by atoms with Crippen LogP contribution < -0.4 is 91.8 Å². The lowest BCUT2D eigenvalue weighted by Gasteiger charge is -2.22. The minimum Gasteiger partial charge on any atom is -0.497 e. The predicted octanol–water partition coefficient (Wildman–Crippen LogP) is 6.32. The van der Waals surface area contributed by atoms with Crippen molar-refractivity contribution in [3.8, 4) is 51.7 Å². The summed E-state index contributed by atoms with van der Waals surface area (Å²) in [5, 5.41) is 0. The molecule has 9 nitrogen and oxygen atoms in total. The van der Waals surface area contributed by atoms with Crippen molar-refractivity contribution in [3.05, 3.63) is 218 Å². The van der Waals surface area contributed by atoms with Gasteiger partial charge in [-0.25, -0.2) is 0 Å². The van der Waals surface area contributed by atoms with Crippen molar-refractivity contribution in [3.63, 3.8) is 0 Å². The molecule has 374 valence electrons. The first kappa shape index (κ1) is 51.3. The summed E-state index contributed by atoms with van der Waals surface area (Å²) in [4.78, 5) is 0. The van der Waals surface area contributed by atoms with Crippen LogP contribution in [0.1, 0.15) is 5.56 Å². The zero-order chi connectivity index (χ0) is 51.9. The van der Waals surface area contributed by atoms with Crippen LogP contribution in [-0.2, 0) is 6.61 Å². The topological polar surface area (TPSA) is 83.1 Å². The third-order valence-corrected chi connectivity index (χ3v) is 13.5. The number of hydrogen-bond donors (Lipinski definition) is 0. The van der Waals surface area contributed by atoms with Gasteiger partial charge in [-0.05, 0) is 101 Å². The van der Waals surface area contributed by atoms with Crippen LogP contribution in [0.2, 0.25) is 0 Å². The zero-order valence-corrected chi connectivity index (χ0v) is 43.2. The summed E-state index contributed by atoms with van der Waals surface area (Å²) >= 11 is 0. The molecule has 0 radical (unpaired) electrons. The molecule has 0 bridgehead atoms. The molecule has 0 unspecified atom stereocenters. The van der Waals surface area contributed by atoms with E-state index >= 15 is 0 Å². The molecule has 0 aliphatic heterocycles. The lowest BCUT2D eigenvalue weighted by molar-refractivity contribution is 0.218. The van der Waals surface area contributed by atoms with Crippen LogP contribution in [-0.4, -0.2) is 76.0 Å². The lowest BCUT2D eigenvalue weighted by Crippen LogP contribution is -2.53. The Bertz CT molecular complexity index is 3180. The van der Waals surface area contributed by atoms with E-state index in [0.717, 1.165) is 106 Å². The molecule has 0 spiro atoms. The van der Waals surface area contributed by atoms with Gasteiger partial charge >= 0.3 is 0 Å². The van der Waals surface area contributed by atoms with Gasteiger partial charge in [0.05, 0.1) is 42.7 Å². The van der Waals surface area contributed by atoms with E-state index in [2.05, 4.69) is 97.1 Å². The Morgan fingerprint density at radius 2 is 0.680 bits per heavy atom. The van der Waals surface area contributed by atoms with Crippen molar-refractivity contribution in [2.75, 3.05) is 55.9 Å². The molecule has 9 rings (SSSR count). The fraction of sp³-hybridized carbons (Fsp3) is 0.143. The number of benzene rings is 9. The molecule has 75 heavy (non-hydrogen) atoms. The molecule has 0 saturated carbocycles. The summed E-state index contributed by atoms with van der Waals surface area (Å²) < 4.78 is 53.9. The van der Waals surface area contributed by atoms with Gasteiger partial charge in [0.1, 0.15) is 71.6 Å². The number of hydrogen-bond acceptors (Lipinski definition) is 9. The Labute approximate surface area is 442 Å². The summed E-state index contributed by atoms with van der Waals surface area (Å²) in [6, 6.07) is 71.7. The Morgan fingerprint density at radius 1 is 0.267 bits per heavy atom. The first-order valence-electron chi connectivity index (χ1n) is 24.9. The first-order valence-corrected chi connectivity index (χ1v) is 24.9. The predicted molar refractivity (Wildman–Crippen MR) is 307 cm³/mol. The summed E-state index contributed by atoms with van der Waals surface area (Å²) in [7, 11) is 10.1. The van der Waals surface area contributed by atoms with Crippen molar-refractivity contribution in [2.24, 2.45) is 0 Å². The number of methoxy groups -OCH3 is 6. The van der Waals surface area contributed by atoms with Gasteiger partial charge in [-0.2, -0.15) is 0 Å². The second-order valence-electron chi connectivity index (χ2n) is 17.8. The average molecular weight is 993 g/mol. The van der Waals surface area contributed by atoms with Crippen LogP contribution >= 0.6 is 0 Å². The molecular weight excluding hydrogens is 933 g/mol. The molecule has 0 saturated heterocycles. The van der Waals surface area contributed by atoms with Gasteiger partial charge in [0.25, 0.3) is 6.71 Å². The summed E-state index contributed by atoms with van der Waals surface area (Å²) in [5.41, 5.74) is 10.5. The highest BCUT2D eigenvalue weighted by atomic mass is 16.5. The van der Waals surface area contributed by atoms with Crippen molar-refractivity contribution >= 4 is 69.3 Å². The summed E-state index contributed by atoms with van der Waals surface area (Å²) in [5.74, 6) is 6.89. The van der Waals surface area contributed by atoms with Crippen molar-refractivity contribution < 1.29 is 42.6 Å². The van der Waals surface area contributed by atoms with E-state index in [1.165, 1.54) is 0 Å². The van der Waals surface area contributed by atoms with E-state index in [0.29, 0.717) is 19.8 Å². The fourth-order valence-corrected chi connectivity index (χ4v) is 9.80. The maximum Gasteiger partial charge on any atom is 0.255 e. The quantitative estimate of drug-likeness (QED) is 0.0541. The van der Waals surface area contributed by atoms with Gasteiger partial charge in [0.2, 0.25) is 13.4 Å². The number of para-hydroxylation sites is 3. The molecule has 0 aromatic heterocycles. The lowest BCUT2D eigenvalue weighted by atomic mass is 9.36. The largest absolute Gasteiger partial charge is 0.497 e. The molecule has 0 amide bonds. The van der Waals surface area contributed by atoms with Gasteiger partial charge in [-0.3, -0.25) is 0 Å². The molecular formula is C63H59B3O9. The minimum absolute atomic E-state index is 0.00806. The average Bonchev–Trinajstić information content (AvgIpc) is 3.47. The van der Waals surface area contributed by atoms with E-state index in [1.807, 2.05) is 115 Å². The second-order valence-corrected chi connectivity index (χ2v) is 17.8. The SMILES string of the molecule is COc1ccc(B(c2ccc(OC)cc2)c2ccc(OCc3ccc(B(c4cccc(OC)c4)c4cccc(OCCOc5ccccc5B(c5ccccc5OC)c5ccccc5OC)c4)cc3OC)cc2)cc1. The maximum atomic E-state index is 6.57. The Morgan fingerprint density at radius 3 is 1.20 bits per heavy atom. The van der Waals surface area contributed by atoms with Crippen LogP contribution in [0.4, 0.5) is 0 Å². The normalized spacial score (nSPS) is 10.7. The molecule has 0 aliphatic carbocycles. The van der Waals surface area contributed by atoms with Crippen molar-refractivity contribution in [1.82, 2.24) is 0 Å². The highest BCUT2D eigenvalue weighted by molar-refractivity contribution is 6.97. The first-order chi connectivity index (χ1) is 36.9. The van der Waals surface area contributed by atoms with Gasteiger partial charge in [0.15, 0.2) is 0 Å². The molecule has 12 heteroatoms. The van der Waals surface area contributed by atoms with Gasteiger partial charge in [-0.1, -0.05) is 160 Å². The minimum atomic E-state index is -0.228. The van der Waals surface area contributed by atoms with Crippen LogP contribution in [0.25, 0.3) is 0 Å². The standard InChI is InChI=1S/C63H59B3O9/c1-67-52-33-27-46(28-34-52)64(47-29-35-53(68-2)36-30-47)48-31-37-54(38-32-48)75-44-45-25-26-51(43-63(45)72-6)65(49-15-13-17-55(41-49)69-3)50-16-14-18-56(42-50)73-39-40-74-62-24-12-9-21-59(62)66(57-19-7-10-22-60(57)70-4)58-20-8-11-23-61(58)71-5/h7-38,41-43H,39-40,44H2,1-6H3.